The number of amides is 1. The predicted molar refractivity (Wildman–Crippen MR) is 49.0 cm³/mol. The zero-order chi connectivity index (χ0) is 9.40. The van der Waals surface area contributed by atoms with E-state index in [0.29, 0.717) is 5.92 Å². The van der Waals surface area contributed by atoms with Crippen LogP contribution >= 0.6 is 0 Å². The number of rotatable bonds is 6. The Morgan fingerprint density at radius 1 is 1.42 bits per heavy atom. The summed E-state index contributed by atoms with van der Waals surface area (Å²) in [6, 6.07) is 0. The first kappa shape index (κ1) is 11.4. The van der Waals surface area contributed by atoms with Crippen molar-refractivity contribution in [2.75, 3.05) is 20.3 Å². The lowest BCUT2D eigenvalue weighted by molar-refractivity contribution is -0.124. The van der Waals surface area contributed by atoms with Crippen LogP contribution in [0.15, 0.2) is 0 Å². The van der Waals surface area contributed by atoms with Crippen LogP contribution in [0.3, 0.4) is 0 Å². The van der Waals surface area contributed by atoms with E-state index in [-0.39, 0.29) is 12.5 Å². The molecule has 3 nitrogen and oxygen atoms in total. The van der Waals surface area contributed by atoms with Crippen LogP contribution in [0.2, 0.25) is 0 Å². The van der Waals surface area contributed by atoms with Gasteiger partial charge in [-0.1, -0.05) is 26.7 Å². The fourth-order valence-corrected chi connectivity index (χ4v) is 1.02. The number of nitrogens with one attached hydrogen (secondary N) is 1. The largest absolute Gasteiger partial charge is 0.375 e. The molecule has 12 heavy (non-hydrogen) atoms. The third-order valence-corrected chi connectivity index (χ3v) is 2.02. The molecule has 0 aliphatic rings. The number of hydrogen-bond acceptors (Lipinski definition) is 2. The van der Waals surface area contributed by atoms with Crippen molar-refractivity contribution in [3.63, 3.8) is 0 Å². The fraction of sp³-hybridized carbons (Fsp3) is 0.889. The number of ether oxygens (including phenoxy) is 1. The summed E-state index contributed by atoms with van der Waals surface area (Å²) in [5.74, 6) is 0.579. The third kappa shape index (κ3) is 5.13. The van der Waals surface area contributed by atoms with Crippen LogP contribution in [0.4, 0.5) is 0 Å². The lowest BCUT2D eigenvalue weighted by Crippen LogP contribution is -2.31. The van der Waals surface area contributed by atoms with E-state index in [1.54, 1.807) is 0 Å². The van der Waals surface area contributed by atoms with E-state index in [0.717, 1.165) is 19.4 Å². The van der Waals surface area contributed by atoms with E-state index < -0.39 is 0 Å². The van der Waals surface area contributed by atoms with E-state index in [1.807, 2.05) is 0 Å². The summed E-state index contributed by atoms with van der Waals surface area (Å²) in [5.41, 5.74) is 0. The molecule has 0 radical (unpaired) electrons. The van der Waals surface area contributed by atoms with Gasteiger partial charge in [-0.25, -0.2) is 0 Å². The molecule has 0 aromatic rings. The van der Waals surface area contributed by atoms with Gasteiger partial charge in [0.2, 0.25) is 5.91 Å². The fourth-order valence-electron chi connectivity index (χ4n) is 1.02. The minimum Gasteiger partial charge on any atom is -0.375 e. The Hall–Kier alpha value is -0.570. The van der Waals surface area contributed by atoms with Crippen molar-refractivity contribution in [1.82, 2.24) is 5.32 Å². The van der Waals surface area contributed by atoms with Crippen LogP contribution < -0.4 is 5.32 Å². The summed E-state index contributed by atoms with van der Waals surface area (Å²) in [4.78, 5) is 10.9. The summed E-state index contributed by atoms with van der Waals surface area (Å²) in [7, 11) is 1.52. The van der Waals surface area contributed by atoms with Gasteiger partial charge >= 0.3 is 0 Å². The second kappa shape index (κ2) is 7.10. The molecule has 0 bridgehead atoms. The standard InChI is InChI=1S/C9H19NO2/c1-4-8(5-2)6-10-9(11)7-12-3/h8H,4-7H2,1-3H3,(H,10,11). The third-order valence-electron chi connectivity index (χ3n) is 2.02. The zero-order valence-corrected chi connectivity index (χ0v) is 8.22. The summed E-state index contributed by atoms with van der Waals surface area (Å²) in [5, 5.41) is 2.82. The maximum atomic E-state index is 10.9. The first-order valence-electron chi connectivity index (χ1n) is 4.50. The average Bonchev–Trinajstić information content (AvgIpc) is 2.07. The monoisotopic (exact) mass is 173 g/mol. The molecule has 72 valence electrons. The van der Waals surface area contributed by atoms with Gasteiger partial charge in [0, 0.05) is 13.7 Å². The number of methoxy groups -OCH3 is 1. The summed E-state index contributed by atoms with van der Waals surface area (Å²) in [6.45, 7) is 5.21. The molecular weight excluding hydrogens is 154 g/mol. The smallest absolute Gasteiger partial charge is 0.245 e. The molecule has 0 aliphatic heterocycles. The topological polar surface area (TPSA) is 38.3 Å². The molecule has 0 aromatic heterocycles. The van der Waals surface area contributed by atoms with Crippen molar-refractivity contribution in [2.24, 2.45) is 5.92 Å². The average molecular weight is 173 g/mol. The van der Waals surface area contributed by atoms with Crippen LogP contribution in [0.1, 0.15) is 26.7 Å². The summed E-state index contributed by atoms with van der Waals surface area (Å²) >= 11 is 0. The van der Waals surface area contributed by atoms with Gasteiger partial charge in [-0.05, 0) is 5.92 Å². The Labute approximate surface area is 74.5 Å². The van der Waals surface area contributed by atoms with Crippen molar-refractivity contribution < 1.29 is 9.53 Å². The number of carbonyl (C=O) groups excluding carboxylic acids is 1. The van der Waals surface area contributed by atoms with E-state index in [2.05, 4.69) is 19.2 Å². The molecule has 0 fully saturated rings. The highest BCUT2D eigenvalue weighted by atomic mass is 16.5. The van der Waals surface area contributed by atoms with Crippen LogP contribution in [-0.4, -0.2) is 26.2 Å². The second-order valence-electron chi connectivity index (χ2n) is 2.92. The molecule has 0 aliphatic carbocycles. The quantitative estimate of drug-likeness (QED) is 0.655. The normalized spacial score (nSPS) is 10.3. The molecule has 0 aromatic carbocycles. The maximum Gasteiger partial charge on any atom is 0.245 e. The molecule has 0 spiro atoms. The Morgan fingerprint density at radius 3 is 2.42 bits per heavy atom. The van der Waals surface area contributed by atoms with Crippen molar-refractivity contribution in [2.45, 2.75) is 26.7 Å². The van der Waals surface area contributed by atoms with Crippen LogP contribution in [0.25, 0.3) is 0 Å². The van der Waals surface area contributed by atoms with Crippen LogP contribution in [0, 0.1) is 5.92 Å². The molecule has 0 rings (SSSR count). The van der Waals surface area contributed by atoms with Crippen LogP contribution in [-0.2, 0) is 9.53 Å². The highest BCUT2D eigenvalue weighted by molar-refractivity contribution is 5.77. The summed E-state index contributed by atoms with van der Waals surface area (Å²) < 4.78 is 4.69. The molecule has 0 heterocycles. The zero-order valence-electron chi connectivity index (χ0n) is 8.22. The highest BCUT2D eigenvalue weighted by Gasteiger charge is 2.05. The predicted octanol–water partition coefficient (Wildman–Crippen LogP) is 1.19. The van der Waals surface area contributed by atoms with Gasteiger partial charge in [-0.15, -0.1) is 0 Å². The molecule has 0 atom stereocenters. The summed E-state index contributed by atoms with van der Waals surface area (Å²) in [6.07, 6.45) is 2.23. The van der Waals surface area contributed by atoms with Gasteiger partial charge < -0.3 is 10.1 Å². The lowest BCUT2D eigenvalue weighted by Gasteiger charge is -2.12. The van der Waals surface area contributed by atoms with Gasteiger partial charge in [-0.3, -0.25) is 4.79 Å². The Bertz CT molecular complexity index is 122. The van der Waals surface area contributed by atoms with E-state index in [9.17, 15) is 4.79 Å². The van der Waals surface area contributed by atoms with E-state index in [1.165, 1.54) is 7.11 Å². The van der Waals surface area contributed by atoms with Gasteiger partial charge in [0.25, 0.3) is 0 Å². The van der Waals surface area contributed by atoms with Crippen molar-refractivity contribution in [3.8, 4) is 0 Å². The lowest BCUT2D eigenvalue weighted by atomic mass is 10.0. The first-order valence-corrected chi connectivity index (χ1v) is 4.50. The van der Waals surface area contributed by atoms with Crippen LogP contribution in [0.5, 0.6) is 0 Å². The molecule has 1 N–H and O–H groups in total. The number of hydrogen-bond donors (Lipinski definition) is 1. The Kier molecular flexibility index (Phi) is 6.76. The van der Waals surface area contributed by atoms with Gasteiger partial charge in [-0.2, -0.15) is 0 Å². The second-order valence-corrected chi connectivity index (χ2v) is 2.92. The molecular formula is C9H19NO2. The highest BCUT2D eigenvalue weighted by Crippen LogP contribution is 2.04. The molecule has 0 saturated carbocycles. The first-order chi connectivity index (χ1) is 5.74. The maximum absolute atomic E-state index is 10.9. The Balaban J connectivity index is 3.44. The molecule has 3 heteroatoms. The minimum atomic E-state index is -0.0237. The van der Waals surface area contributed by atoms with Crippen molar-refractivity contribution in [1.29, 1.82) is 0 Å². The van der Waals surface area contributed by atoms with Gasteiger partial charge in [0.15, 0.2) is 0 Å². The minimum absolute atomic E-state index is 0.0237. The van der Waals surface area contributed by atoms with Crippen molar-refractivity contribution in [3.05, 3.63) is 0 Å². The SMILES string of the molecule is CCC(CC)CNC(=O)COC. The van der Waals surface area contributed by atoms with E-state index >= 15 is 0 Å². The molecule has 0 saturated heterocycles. The molecule has 0 unspecified atom stereocenters. The number of carbonyl (C=O) groups is 1. The van der Waals surface area contributed by atoms with Gasteiger partial charge in [0.05, 0.1) is 0 Å². The Morgan fingerprint density at radius 2 is 2.00 bits per heavy atom. The van der Waals surface area contributed by atoms with Gasteiger partial charge in [0.1, 0.15) is 6.61 Å². The van der Waals surface area contributed by atoms with Crippen molar-refractivity contribution >= 4 is 5.91 Å². The van der Waals surface area contributed by atoms with E-state index in [4.69, 9.17) is 4.74 Å². The molecule has 1 amide bonds.